The number of nitrogens with one attached hydrogen (secondary N) is 1. The third kappa shape index (κ3) is 3.55. The lowest BCUT2D eigenvalue weighted by molar-refractivity contribution is -0.123. The van der Waals surface area contributed by atoms with Gasteiger partial charge in [-0.15, -0.1) is 5.10 Å². The molecular weight excluding hydrogens is 318 g/mol. The summed E-state index contributed by atoms with van der Waals surface area (Å²) in [5.41, 5.74) is 2.74. The highest BCUT2D eigenvalue weighted by atomic mass is 32.1. The lowest BCUT2D eigenvalue weighted by atomic mass is 10.2. The quantitative estimate of drug-likeness (QED) is 0.833. The third-order valence-electron chi connectivity index (χ3n) is 3.49. The number of carbonyl (C=O) groups excluding carboxylic acids is 2. The van der Waals surface area contributed by atoms with E-state index in [0.717, 1.165) is 17.2 Å². The second kappa shape index (κ2) is 6.86. The fraction of sp³-hybridized carbons (Fsp3) is 0.500. The van der Waals surface area contributed by atoms with E-state index < -0.39 is 18.0 Å². The number of amides is 1. The minimum atomic E-state index is -0.937. The monoisotopic (exact) mass is 337 g/mol. The van der Waals surface area contributed by atoms with E-state index in [-0.39, 0.29) is 0 Å². The van der Waals surface area contributed by atoms with Crippen molar-refractivity contribution in [3.8, 4) is 0 Å². The number of hydrogen-bond acceptors (Lipinski definition) is 7. The van der Waals surface area contributed by atoms with Gasteiger partial charge in [-0.05, 0) is 38.7 Å². The van der Waals surface area contributed by atoms with E-state index in [0.29, 0.717) is 28.4 Å². The van der Waals surface area contributed by atoms with Crippen LogP contribution in [0.25, 0.3) is 0 Å². The summed E-state index contributed by atoms with van der Waals surface area (Å²) < 4.78 is 10.6. The molecule has 8 nitrogen and oxygen atoms in total. The molecule has 9 heteroatoms. The predicted molar refractivity (Wildman–Crippen MR) is 85.5 cm³/mol. The minimum absolute atomic E-state index is 0.334. The van der Waals surface area contributed by atoms with Crippen LogP contribution >= 0.6 is 11.5 Å². The van der Waals surface area contributed by atoms with E-state index in [1.165, 1.54) is 6.92 Å². The van der Waals surface area contributed by atoms with Gasteiger partial charge in [0.25, 0.3) is 5.91 Å². The lowest BCUT2D eigenvalue weighted by Gasteiger charge is -2.13. The fourth-order valence-electron chi connectivity index (χ4n) is 2.04. The molecule has 0 aliphatic heterocycles. The molecule has 0 radical (unpaired) electrons. The van der Waals surface area contributed by atoms with Gasteiger partial charge in [-0.2, -0.15) is 5.10 Å². The maximum atomic E-state index is 12.2. The number of aromatic nitrogens is 4. The molecule has 1 atom stereocenters. The highest BCUT2D eigenvalue weighted by Crippen LogP contribution is 2.19. The second-order valence-electron chi connectivity index (χ2n) is 5.11. The number of anilines is 1. The van der Waals surface area contributed by atoms with Gasteiger partial charge >= 0.3 is 5.97 Å². The molecule has 0 aliphatic rings. The Balaban J connectivity index is 2.04. The normalized spacial score (nSPS) is 12.0. The van der Waals surface area contributed by atoms with Gasteiger partial charge in [0, 0.05) is 7.05 Å². The standard InChI is InChI=1S/C14H19N5O3S/c1-6-10-12(23-18-16-10)14(21)22-9(4)13(20)15-11-7(2)17-19(5)8(11)3/h9H,6H2,1-5H3,(H,15,20)/t9-/m0/s1. The summed E-state index contributed by atoms with van der Waals surface area (Å²) in [6, 6.07) is 0. The number of carbonyl (C=O) groups is 2. The highest BCUT2D eigenvalue weighted by molar-refractivity contribution is 7.07. The van der Waals surface area contributed by atoms with E-state index in [1.807, 2.05) is 13.8 Å². The molecule has 0 saturated carbocycles. The van der Waals surface area contributed by atoms with Crippen molar-refractivity contribution in [1.82, 2.24) is 19.4 Å². The van der Waals surface area contributed by atoms with Gasteiger partial charge in [-0.1, -0.05) is 11.4 Å². The molecule has 0 saturated heterocycles. The highest BCUT2D eigenvalue weighted by Gasteiger charge is 2.24. The average molecular weight is 337 g/mol. The lowest BCUT2D eigenvalue weighted by Crippen LogP contribution is -2.30. The molecule has 124 valence electrons. The maximum absolute atomic E-state index is 12.2. The first-order valence-electron chi connectivity index (χ1n) is 7.18. The molecule has 0 bridgehead atoms. The van der Waals surface area contributed by atoms with Crippen molar-refractivity contribution in [1.29, 1.82) is 0 Å². The second-order valence-corrected chi connectivity index (χ2v) is 5.86. The summed E-state index contributed by atoms with van der Waals surface area (Å²) in [5.74, 6) is -0.993. The van der Waals surface area contributed by atoms with Crippen molar-refractivity contribution in [3.05, 3.63) is 22.0 Å². The van der Waals surface area contributed by atoms with E-state index >= 15 is 0 Å². The van der Waals surface area contributed by atoms with Gasteiger partial charge in [-0.3, -0.25) is 9.48 Å². The van der Waals surface area contributed by atoms with Crippen LogP contribution in [0.3, 0.4) is 0 Å². The van der Waals surface area contributed by atoms with Crippen molar-refractivity contribution in [2.24, 2.45) is 7.05 Å². The summed E-state index contributed by atoms with van der Waals surface area (Å²) in [4.78, 5) is 24.7. The molecule has 2 aromatic rings. The largest absolute Gasteiger partial charge is 0.448 e. The van der Waals surface area contributed by atoms with Crippen LogP contribution in [0.2, 0.25) is 0 Å². The van der Waals surface area contributed by atoms with E-state index in [2.05, 4.69) is 20.0 Å². The smallest absolute Gasteiger partial charge is 0.352 e. The summed E-state index contributed by atoms with van der Waals surface area (Å²) in [7, 11) is 1.80. The zero-order valence-electron chi connectivity index (χ0n) is 13.7. The Kier molecular flexibility index (Phi) is 5.09. The molecule has 1 amide bonds. The van der Waals surface area contributed by atoms with Gasteiger partial charge in [0.05, 0.1) is 22.8 Å². The van der Waals surface area contributed by atoms with Crippen molar-refractivity contribution >= 4 is 29.1 Å². The van der Waals surface area contributed by atoms with Gasteiger partial charge in [-0.25, -0.2) is 4.79 Å². The number of nitrogens with zero attached hydrogens (tertiary/aromatic N) is 4. The summed E-state index contributed by atoms with van der Waals surface area (Å²) in [6.45, 7) is 7.05. The first-order chi connectivity index (χ1) is 10.8. The van der Waals surface area contributed by atoms with Crippen LogP contribution in [0.5, 0.6) is 0 Å². The Hall–Kier alpha value is -2.29. The van der Waals surface area contributed by atoms with Crippen LogP contribution < -0.4 is 5.32 Å². The Morgan fingerprint density at radius 2 is 2.09 bits per heavy atom. The fourth-order valence-corrected chi connectivity index (χ4v) is 2.68. The van der Waals surface area contributed by atoms with Crippen LogP contribution in [0.15, 0.2) is 0 Å². The number of esters is 1. The average Bonchev–Trinajstić information content (AvgIpc) is 3.07. The van der Waals surface area contributed by atoms with Crippen LogP contribution in [0.1, 0.15) is 40.6 Å². The maximum Gasteiger partial charge on any atom is 0.352 e. The van der Waals surface area contributed by atoms with Gasteiger partial charge < -0.3 is 10.1 Å². The van der Waals surface area contributed by atoms with Crippen molar-refractivity contribution in [3.63, 3.8) is 0 Å². The molecule has 0 unspecified atom stereocenters. The van der Waals surface area contributed by atoms with E-state index in [1.54, 1.807) is 18.7 Å². The molecular formula is C14H19N5O3S. The van der Waals surface area contributed by atoms with Gasteiger partial charge in [0.15, 0.2) is 11.0 Å². The number of hydrogen-bond donors (Lipinski definition) is 1. The number of rotatable bonds is 5. The van der Waals surface area contributed by atoms with Crippen LogP contribution in [-0.4, -0.2) is 37.3 Å². The zero-order valence-corrected chi connectivity index (χ0v) is 14.5. The van der Waals surface area contributed by atoms with Crippen LogP contribution in [-0.2, 0) is 23.0 Å². The molecule has 1 N–H and O–H groups in total. The summed E-state index contributed by atoms with van der Waals surface area (Å²) in [6.07, 6.45) is -0.358. The summed E-state index contributed by atoms with van der Waals surface area (Å²) >= 11 is 0.967. The van der Waals surface area contributed by atoms with Gasteiger partial charge in [0.2, 0.25) is 0 Å². The van der Waals surface area contributed by atoms with Gasteiger partial charge in [0.1, 0.15) is 0 Å². The Labute approximate surface area is 138 Å². The van der Waals surface area contributed by atoms with Crippen LogP contribution in [0.4, 0.5) is 5.69 Å². The van der Waals surface area contributed by atoms with E-state index in [4.69, 9.17) is 4.74 Å². The third-order valence-corrected chi connectivity index (χ3v) is 4.23. The number of aryl methyl sites for hydroxylation is 3. The first kappa shape index (κ1) is 17.1. The SMILES string of the molecule is CCc1nnsc1C(=O)O[C@@H](C)C(=O)Nc1c(C)nn(C)c1C. The van der Waals surface area contributed by atoms with Crippen molar-refractivity contribution in [2.45, 2.75) is 40.2 Å². The Bertz CT molecular complexity index is 737. The molecule has 0 aromatic carbocycles. The number of ether oxygens (including phenoxy) is 1. The summed E-state index contributed by atoms with van der Waals surface area (Å²) in [5, 5.41) is 10.8. The predicted octanol–water partition coefficient (Wildman–Crippen LogP) is 1.63. The topological polar surface area (TPSA) is 99.0 Å². The zero-order chi connectivity index (χ0) is 17.1. The minimum Gasteiger partial charge on any atom is -0.448 e. The molecule has 2 rings (SSSR count). The van der Waals surface area contributed by atoms with Crippen molar-refractivity contribution < 1.29 is 14.3 Å². The molecule has 0 aliphatic carbocycles. The molecule has 2 heterocycles. The Morgan fingerprint density at radius 3 is 2.65 bits per heavy atom. The molecule has 0 fully saturated rings. The van der Waals surface area contributed by atoms with Crippen LogP contribution in [0, 0.1) is 13.8 Å². The Morgan fingerprint density at radius 1 is 1.39 bits per heavy atom. The van der Waals surface area contributed by atoms with Crippen molar-refractivity contribution in [2.75, 3.05) is 5.32 Å². The molecule has 0 spiro atoms. The van der Waals surface area contributed by atoms with E-state index in [9.17, 15) is 9.59 Å². The molecule has 23 heavy (non-hydrogen) atoms. The first-order valence-corrected chi connectivity index (χ1v) is 7.95. The molecule has 2 aromatic heterocycles.